The zero-order chi connectivity index (χ0) is 12.2. The summed E-state index contributed by atoms with van der Waals surface area (Å²) in [4.78, 5) is 0. The molecule has 2 nitrogen and oxygen atoms in total. The molecule has 88 valence electrons. The summed E-state index contributed by atoms with van der Waals surface area (Å²) >= 11 is 0. The highest BCUT2D eigenvalue weighted by molar-refractivity contribution is 7.85. The Bertz CT molecular complexity index is 390. The van der Waals surface area contributed by atoms with E-state index in [-0.39, 0.29) is 4.75 Å². The van der Waals surface area contributed by atoms with Gasteiger partial charge in [0.15, 0.2) is 0 Å². The van der Waals surface area contributed by atoms with Gasteiger partial charge in [-0.3, -0.25) is 0 Å². The molecule has 0 aliphatic heterocycles. The van der Waals surface area contributed by atoms with Gasteiger partial charge in [0, 0.05) is 0 Å². The van der Waals surface area contributed by atoms with Crippen LogP contribution in [0.4, 0.5) is 0 Å². The van der Waals surface area contributed by atoms with Crippen molar-refractivity contribution < 1.29 is 4.21 Å². The molecule has 0 saturated carbocycles. The lowest BCUT2D eigenvalue weighted by Gasteiger charge is -2.14. The van der Waals surface area contributed by atoms with Gasteiger partial charge in [0.05, 0.1) is 10.5 Å². The van der Waals surface area contributed by atoms with E-state index in [0.717, 1.165) is 17.7 Å². The highest BCUT2D eigenvalue weighted by Gasteiger charge is 2.19. The fourth-order valence-corrected chi connectivity index (χ4v) is 1.90. The number of nitrogens with zero attached hydrogens (tertiary/aromatic N) is 1. The minimum atomic E-state index is -1.18. The second kappa shape index (κ2) is 5.39. The second-order valence-electron chi connectivity index (χ2n) is 4.62. The Morgan fingerprint density at radius 2 is 1.81 bits per heavy atom. The lowest BCUT2D eigenvalue weighted by Crippen LogP contribution is -2.21. The first kappa shape index (κ1) is 13.1. The van der Waals surface area contributed by atoms with Crippen LogP contribution in [0.3, 0.4) is 0 Å². The van der Waals surface area contributed by atoms with Crippen LogP contribution in [-0.4, -0.2) is 14.7 Å². The van der Waals surface area contributed by atoms with Gasteiger partial charge in [-0.15, -0.1) is 0 Å². The predicted molar refractivity (Wildman–Crippen MR) is 71.2 cm³/mol. The molecule has 1 atom stereocenters. The van der Waals surface area contributed by atoms with Crippen LogP contribution in [-0.2, 0) is 11.0 Å². The van der Waals surface area contributed by atoms with E-state index in [4.69, 9.17) is 0 Å². The van der Waals surface area contributed by atoms with Crippen molar-refractivity contribution in [3.05, 3.63) is 35.9 Å². The van der Waals surface area contributed by atoms with E-state index >= 15 is 0 Å². The molecule has 0 saturated heterocycles. The fourth-order valence-electron chi connectivity index (χ4n) is 1.19. The highest BCUT2D eigenvalue weighted by Crippen LogP contribution is 2.15. The minimum absolute atomic E-state index is 0.296. The molecule has 1 rings (SSSR count). The Morgan fingerprint density at radius 3 is 2.25 bits per heavy atom. The van der Waals surface area contributed by atoms with Crippen LogP contribution in [0.1, 0.15) is 39.7 Å². The van der Waals surface area contributed by atoms with Gasteiger partial charge in [-0.05, 0) is 32.8 Å². The molecule has 0 heterocycles. The molecule has 0 spiro atoms. The van der Waals surface area contributed by atoms with E-state index in [2.05, 4.69) is 4.40 Å². The van der Waals surface area contributed by atoms with E-state index in [0.29, 0.717) is 0 Å². The maximum Gasteiger partial charge on any atom is 0.145 e. The third kappa shape index (κ3) is 3.56. The molecule has 0 bridgehead atoms. The summed E-state index contributed by atoms with van der Waals surface area (Å²) in [6.07, 6.45) is 0.797. The summed E-state index contributed by atoms with van der Waals surface area (Å²) < 4.78 is 16.0. The zero-order valence-electron chi connectivity index (χ0n) is 10.4. The summed E-state index contributed by atoms with van der Waals surface area (Å²) in [5, 5.41) is 0. The molecular weight excluding hydrogens is 218 g/mol. The van der Waals surface area contributed by atoms with Crippen LogP contribution >= 0.6 is 0 Å². The molecule has 0 aromatic heterocycles. The summed E-state index contributed by atoms with van der Waals surface area (Å²) in [5.41, 5.74) is 1.97. The van der Waals surface area contributed by atoms with Crippen molar-refractivity contribution in [3.63, 3.8) is 0 Å². The molecule has 0 N–H and O–H groups in total. The standard InChI is InChI=1S/C13H19NOS/c1-5-12(11-9-7-6-8-10-11)14-16(15)13(2,3)4/h6-10H,5H2,1-4H3/b14-12+/t16-/m0/s1. The van der Waals surface area contributed by atoms with Gasteiger partial charge >= 0.3 is 0 Å². The third-order valence-electron chi connectivity index (χ3n) is 2.16. The van der Waals surface area contributed by atoms with Crippen LogP contribution in [0.25, 0.3) is 0 Å². The first-order valence-corrected chi connectivity index (χ1v) is 6.61. The zero-order valence-corrected chi connectivity index (χ0v) is 11.2. The van der Waals surface area contributed by atoms with E-state index in [1.54, 1.807) is 0 Å². The summed E-state index contributed by atoms with van der Waals surface area (Å²) in [6.45, 7) is 7.84. The van der Waals surface area contributed by atoms with Crippen LogP contribution in [0, 0.1) is 0 Å². The first-order valence-electron chi connectivity index (χ1n) is 5.50. The van der Waals surface area contributed by atoms with Crippen LogP contribution < -0.4 is 0 Å². The predicted octanol–water partition coefficient (Wildman–Crippen LogP) is 3.35. The number of hydrogen-bond acceptors (Lipinski definition) is 1. The van der Waals surface area contributed by atoms with Crippen LogP contribution in [0.15, 0.2) is 34.7 Å². The average Bonchev–Trinajstić information content (AvgIpc) is 2.25. The number of rotatable bonds is 3. The molecule has 0 fully saturated rings. The smallest absolute Gasteiger partial charge is 0.145 e. The van der Waals surface area contributed by atoms with Gasteiger partial charge in [-0.2, -0.15) is 4.40 Å². The minimum Gasteiger partial charge on any atom is -0.234 e. The van der Waals surface area contributed by atoms with Gasteiger partial charge < -0.3 is 0 Å². The van der Waals surface area contributed by atoms with Gasteiger partial charge in [-0.25, -0.2) is 4.21 Å². The SMILES string of the molecule is CC/C(=N\[S@@](=O)C(C)(C)C)c1ccccc1. The maximum atomic E-state index is 11.9. The molecule has 0 aliphatic carbocycles. The molecule has 0 unspecified atom stereocenters. The molecular formula is C13H19NOS. The van der Waals surface area contributed by atoms with Gasteiger partial charge in [-0.1, -0.05) is 37.3 Å². The summed E-state index contributed by atoms with van der Waals surface area (Å²) in [7, 11) is -1.18. The Morgan fingerprint density at radius 1 is 1.25 bits per heavy atom. The largest absolute Gasteiger partial charge is 0.234 e. The maximum absolute atomic E-state index is 11.9. The van der Waals surface area contributed by atoms with Crippen LogP contribution in [0.2, 0.25) is 0 Å². The lowest BCUT2D eigenvalue weighted by molar-refractivity contribution is 0.650. The molecule has 0 radical (unpaired) electrons. The normalized spacial score (nSPS) is 14.9. The monoisotopic (exact) mass is 237 g/mol. The Hall–Kier alpha value is -0.960. The van der Waals surface area contributed by atoms with E-state index in [9.17, 15) is 4.21 Å². The van der Waals surface area contributed by atoms with Crippen molar-refractivity contribution in [1.29, 1.82) is 0 Å². The number of benzene rings is 1. The van der Waals surface area contributed by atoms with Gasteiger partial charge in [0.25, 0.3) is 0 Å². The highest BCUT2D eigenvalue weighted by atomic mass is 32.2. The van der Waals surface area contributed by atoms with Gasteiger partial charge in [0.1, 0.15) is 11.0 Å². The Balaban J connectivity index is 3.00. The summed E-state index contributed by atoms with van der Waals surface area (Å²) in [6, 6.07) is 9.92. The lowest BCUT2D eigenvalue weighted by atomic mass is 10.1. The van der Waals surface area contributed by atoms with Crippen molar-refractivity contribution in [2.45, 2.75) is 38.9 Å². The molecule has 1 aromatic carbocycles. The van der Waals surface area contributed by atoms with Gasteiger partial charge in [0.2, 0.25) is 0 Å². The Labute approximate surface area is 100 Å². The third-order valence-corrected chi connectivity index (χ3v) is 3.59. The van der Waals surface area contributed by atoms with E-state index in [1.165, 1.54) is 0 Å². The molecule has 1 aromatic rings. The number of hydrogen-bond donors (Lipinski definition) is 0. The second-order valence-corrected chi connectivity index (χ2v) is 6.52. The van der Waals surface area contributed by atoms with E-state index < -0.39 is 11.0 Å². The van der Waals surface area contributed by atoms with E-state index in [1.807, 2.05) is 58.0 Å². The van der Waals surface area contributed by atoms with Crippen molar-refractivity contribution in [3.8, 4) is 0 Å². The fraction of sp³-hybridized carbons (Fsp3) is 0.462. The molecule has 16 heavy (non-hydrogen) atoms. The quantitative estimate of drug-likeness (QED) is 0.741. The first-order chi connectivity index (χ1) is 7.45. The van der Waals surface area contributed by atoms with Crippen molar-refractivity contribution >= 4 is 16.7 Å². The molecule has 0 aliphatic rings. The Kier molecular flexibility index (Phi) is 4.42. The van der Waals surface area contributed by atoms with Crippen molar-refractivity contribution in [2.24, 2.45) is 4.40 Å². The molecule has 0 amide bonds. The molecule has 3 heteroatoms. The van der Waals surface area contributed by atoms with Crippen molar-refractivity contribution in [1.82, 2.24) is 0 Å². The topological polar surface area (TPSA) is 29.4 Å². The van der Waals surface area contributed by atoms with Crippen LogP contribution in [0.5, 0.6) is 0 Å². The average molecular weight is 237 g/mol. The summed E-state index contributed by atoms with van der Waals surface area (Å²) in [5.74, 6) is 0. The van der Waals surface area contributed by atoms with Crippen molar-refractivity contribution in [2.75, 3.05) is 0 Å².